The molecule has 0 saturated heterocycles. The maximum Gasteiger partial charge on any atom is 0.167 e. The third-order valence-corrected chi connectivity index (χ3v) is 2.87. The van der Waals surface area contributed by atoms with Crippen molar-refractivity contribution in [1.82, 2.24) is 0 Å². The Bertz CT molecular complexity index is 431. The summed E-state index contributed by atoms with van der Waals surface area (Å²) in [6, 6.07) is 3.65. The predicted molar refractivity (Wildman–Crippen MR) is 71.2 cm³/mol. The summed E-state index contributed by atoms with van der Waals surface area (Å²) in [4.78, 5) is 11.9. The molecule has 0 aliphatic rings. The van der Waals surface area contributed by atoms with E-state index in [9.17, 15) is 9.90 Å². The van der Waals surface area contributed by atoms with Gasteiger partial charge in [-0.05, 0) is 24.0 Å². The van der Waals surface area contributed by atoms with Gasteiger partial charge in [0, 0.05) is 17.9 Å². The maximum absolute atomic E-state index is 11.9. The van der Waals surface area contributed by atoms with E-state index >= 15 is 0 Å². The van der Waals surface area contributed by atoms with Crippen molar-refractivity contribution < 1.29 is 9.90 Å². The molecule has 0 amide bonds. The summed E-state index contributed by atoms with van der Waals surface area (Å²) >= 11 is 5.57. The summed E-state index contributed by atoms with van der Waals surface area (Å²) in [5.74, 6) is 0.266. The Labute approximate surface area is 108 Å². The van der Waals surface area contributed by atoms with Gasteiger partial charge in [-0.15, -0.1) is 11.6 Å². The summed E-state index contributed by atoms with van der Waals surface area (Å²) in [5.41, 5.74) is 1.98. The molecule has 0 aliphatic carbocycles. The first-order valence-corrected chi connectivity index (χ1v) is 6.24. The monoisotopic (exact) mass is 254 g/mol. The number of rotatable bonds is 3. The van der Waals surface area contributed by atoms with E-state index in [1.165, 1.54) is 0 Å². The van der Waals surface area contributed by atoms with Crippen molar-refractivity contribution in [3.8, 4) is 5.75 Å². The average Bonchev–Trinajstić information content (AvgIpc) is 2.19. The predicted octanol–water partition coefficient (Wildman–Crippen LogP) is 3.81. The van der Waals surface area contributed by atoms with Crippen LogP contribution in [-0.4, -0.2) is 16.8 Å². The van der Waals surface area contributed by atoms with Gasteiger partial charge in [-0.3, -0.25) is 4.79 Å². The van der Waals surface area contributed by atoms with Gasteiger partial charge in [0.1, 0.15) is 5.75 Å². The van der Waals surface area contributed by atoms with Gasteiger partial charge < -0.3 is 5.11 Å². The van der Waals surface area contributed by atoms with E-state index in [-0.39, 0.29) is 29.2 Å². The van der Waals surface area contributed by atoms with Crippen LogP contribution in [0.1, 0.15) is 48.7 Å². The van der Waals surface area contributed by atoms with E-state index in [2.05, 4.69) is 0 Å². The van der Waals surface area contributed by atoms with Crippen LogP contribution in [0.25, 0.3) is 0 Å². The molecule has 17 heavy (non-hydrogen) atoms. The fourth-order valence-electron chi connectivity index (χ4n) is 1.78. The van der Waals surface area contributed by atoms with Crippen molar-refractivity contribution in [3.63, 3.8) is 0 Å². The van der Waals surface area contributed by atoms with Crippen LogP contribution in [0.2, 0.25) is 0 Å². The van der Waals surface area contributed by atoms with E-state index in [0.29, 0.717) is 5.56 Å². The number of phenolic OH excluding ortho intramolecular Hbond substituents is 1. The zero-order valence-corrected chi connectivity index (χ0v) is 11.6. The summed E-state index contributed by atoms with van der Waals surface area (Å²) in [6.45, 7) is 7.96. The smallest absolute Gasteiger partial charge is 0.167 e. The maximum atomic E-state index is 11.9. The molecule has 0 heterocycles. The van der Waals surface area contributed by atoms with Gasteiger partial charge in [0.2, 0.25) is 0 Å². The van der Waals surface area contributed by atoms with E-state index < -0.39 is 0 Å². The summed E-state index contributed by atoms with van der Waals surface area (Å²) < 4.78 is 0. The average molecular weight is 255 g/mol. The molecule has 0 saturated carbocycles. The van der Waals surface area contributed by atoms with Gasteiger partial charge in [-0.2, -0.15) is 0 Å². The first-order valence-electron chi connectivity index (χ1n) is 5.70. The van der Waals surface area contributed by atoms with Gasteiger partial charge in [-0.25, -0.2) is 0 Å². The Morgan fingerprint density at radius 1 is 1.35 bits per heavy atom. The standard InChI is InChI=1S/C14H19ClO2/c1-9-7-10(12(16)5-6-15)13(17)11(8-9)14(2,3)4/h7-8,17H,5-6H2,1-4H3. The molecule has 0 bridgehead atoms. The highest BCUT2D eigenvalue weighted by Crippen LogP contribution is 2.34. The third-order valence-electron chi connectivity index (χ3n) is 2.68. The van der Waals surface area contributed by atoms with Crippen LogP contribution in [0.5, 0.6) is 5.75 Å². The van der Waals surface area contributed by atoms with Gasteiger partial charge >= 0.3 is 0 Å². The van der Waals surface area contributed by atoms with Crippen molar-refractivity contribution in [2.45, 2.75) is 39.5 Å². The number of alkyl halides is 1. The van der Waals surface area contributed by atoms with Crippen LogP contribution in [-0.2, 0) is 5.41 Å². The number of carbonyl (C=O) groups is 1. The van der Waals surface area contributed by atoms with Crippen molar-refractivity contribution in [2.24, 2.45) is 0 Å². The van der Waals surface area contributed by atoms with E-state index in [1.807, 2.05) is 33.8 Å². The van der Waals surface area contributed by atoms with Gasteiger partial charge in [-0.1, -0.05) is 26.8 Å². The molecule has 2 nitrogen and oxygen atoms in total. The van der Waals surface area contributed by atoms with Crippen molar-refractivity contribution in [1.29, 1.82) is 0 Å². The first kappa shape index (κ1) is 14.0. The number of hydrogen-bond donors (Lipinski definition) is 1. The lowest BCUT2D eigenvalue weighted by atomic mass is 9.83. The molecule has 0 unspecified atom stereocenters. The molecule has 0 fully saturated rings. The Hall–Kier alpha value is -1.02. The Morgan fingerprint density at radius 2 is 1.94 bits per heavy atom. The number of aromatic hydroxyl groups is 1. The zero-order valence-electron chi connectivity index (χ0n) is 10.8. The second-order valence-electron chi connectivity index (χ2n) is 5.32. The van der Waals surface area contributed by atoms with Gasteiger partial charge in [0.05, 0.1) is 5.56 Å². The largest absolute Gasteiger partial charge is 0.507 e. The lowest BCUT2D eigenvalue weighted by Gasteiger charge is -2.22. The van der Waals surface area contributed by atoms with E-state index in [0.717, 1.165) is 11.1 Å². The SMILES string of the molecule is Cc1cc(C(=O)CCCl)c(O)c(C(C)(C)C)c1. The molecule has 1 aromatic rings. The highest BCUT2D eigenvalue weighted by molar-refractivity contribution is 6.19. The van der Waals surface area contributed by atoms with Crippen LogP contribution >= 0.6 is 11.6 Å². The number of hydrogen-bond acceptors (Lipinski definition) is 2. The summed E-state index contributed by atoms with van der Waals surface area (Å²) in [7, 11) is 0. The topological polar surface area (TPSA) is 37.3 Å². The highest BCUT2D eigenvalue weighted by atomic mass is 35.5. The minimum absolute atomic E-state index is 0.0956. The van der Waals surface area contributed by atoms with Crippen LogP contribution in [0.3, 0.4) is 0 Å². The minimum atomic E-state index is -0.188. The van der Waals surface area contributed by atoms with Crippen LogP contribution < -0.4 is 0 Å². The first-order chi connectivity index (χ1) is 7.77. The number of aryl methyl sites for hydroxylation is 1. The number of halogens is 1. The number of Topliss-reactive ketones (excluding diaryl/α,β-unsaturated/α-hetero) is 1. The van der Waals surface area contributed by atoms with Crippen molar-refractivity contribution in [3.05, 3.63) is 28.8 Å². The second kappa shape index (κ2) is 5.09. The molecule has 0 aromatic heterocycles. The van der Waals surface area contributed by atoms with Crippen molar-refractivity contribution in [2.75, 3.05) is 5.88 Å². The molecule has 0 aliphatic heterocycles. The molecular weight excluding hydrogens is 236 g/mol. The molecule has 1 aromatic carbocycles. The molecule has 0 spiro atoms. The second-order valence-corrected chi connectivity index (χ2v) is 5.70. The number of phenols is 1. The van der Waals surface area contributed by atoms with Crippen LogP contribution in [0, 0.1) is 6.92 Å². The quantitative estimate of drug-likeness (QED) is 0.658. The lowest BCUT2D eigenvalue weighted by Crippen LogP contribution is -2.14. The fourth-order valence-corrected chi connectivity index (χ4v) is 1.96. The van der Waals surface area contributed by atoms with Crippen LogP contribution in [0.15, 0.2) is 12.1 Å². The number of benzene rings is 1. The summed E-state index contributed by atoms with van der Waals surface area (Å²) in [6.07, 6.45) is 0.252. The van der Waals surface area contributed by atoms with Gasteiger partial charge in [0.15, 0.2) is 5.78 Å². The molecule has 3 heteroatoms. The zero-order chi connectivity index (χ0) is 13.2. The van der Waals surface area contributed by atoms with E-state index in [4.69, 9.17) is 11.6 Å². The number of ketones is 1. The summed E-state index contributed by atoms with van der Waals surface area (Å²) in [5, 5.41) is 10.2. The molecule has 1 N–H and O–H groups in total. The van der Waals surface area contributed by atoms with Crippen LogP contribution in [0.4, 0.5) is 0 Å². The molecule has 0 radical (unpaired) electrons. The molecule has 1 rings (SSSR count). The molecule has 0 atom stereocenters. The fraction of sp³-hybridized carbons (Fsp3) is 0.500. The third kappa shape index (κ3) is 3.22. The Kier molecular flexibility index (Phi) is 4.21. The Balaban J connectivity index is 3.34. The highest BCUT2D eigenvalue weighted by Gasteiger charge is 2.22. The lowest BCUT2D eigenvalue weighted by molar-refractivity contribution is 0.0986. The minimum Gasteiger partial charge on any atom is -0.507 e. The van der Waals surface area contributed by atoms with E-state index in [1.54, 1.807) is 6.07 Å². The molecule has 94 valence electrons. The number of carbonyl (C=O) groups excluding carboxylic acids is 1. The molecular formula is C14H19ClO2. The van der Waals surface area contributed by atoms with Gasteiger partial charge in [0.25, 0.3) is 0 Å². The Morgan fingerprint density at radius 3 is 2.41 bits per heavy atom. The normalized spacial score (nSPS) is 11.6. The van der Waals surface area contributed by atoms with Crippen molar-refractivity contribution >= 4 is 17.4 Å².